The maximum atomic E-state index is 12.9. The summed E-state index contributed by atoms with van der Waals surface area (Å²) in [5, 5.41) is 20.9. The molecule has 0 heterocycles. The van der Waals surface area contributed by atoms with Crippen LogP contribution >= 0.6 is 0 Å². The van der Waals surface area contributed by atoms with Crippen molar-refractivity contribution in [3.8, 4) is 5.75 Å². The zero-order valence-electron chi connectivity index (χ0n) is 10.7. The lowest BCUT2D eigenvalue weighted by Crippen LogP contribution is -2.54. The number of rotatable bonds is 7. The number of hydrogen-bond donors (Lipinski definition) is 3. The molecule has 0 aliphatic heterocycles. The third-order valence-corrected chi connectivity index (χ3v) is 2.85. The highest BCUT2D eigenvalue weighted by atomic mass is 19.1. The molecule has 106 valence electrons. The van der Waals surface area contributed by atoms with E-state index in [9.17, 15) is 19.4 Å². The monoisotopic (exact) mass is 271 g/mol. The lowest BCUT2D eigenvalue weighted by atomic mass is 9.98. The number of carbonyl (C=O) groups is 1. The third-order valence-electron chi connectivity index (χ3n) is 2.85. The first-order chi connectivity index (χ1) is 9.05. The van der Waals surface area contributed by atoms with Crippen molar-refractivity contribution in [1.29, 1.82) is 0 Å². The Morgan fingerprint density at radius 1 is 1.42 bits per heavy atom. The van der Waals surface area contributed by atoms with Gasteiger partial charge in [-0.3, -0.25) is 4.79 Å². The molecule has 0 aliphatic rings. The van der Waals surface area contributed by atoms with Gasteiger partial charge in [0, 0.05) is 6.07 Å². The van der Waals surface area contributed by atoms with Crippen molar-refractivity contribution in [3.05, 3.63) is 30.1 Å². The average molecular weight is 271 g/mol. The maximum Gasteiger partial charge on any atom is 0.258 e. The Labute approximate surface area is 111 Å². The minimum atomic E-state index is -1.05. The summed E-state index contributed by atoms with van der Waals surface area (Å²) in [6.45, 7) is 0.683. The van der Waals surface area contributed by atoms with Crippen LogP contribution in [0.15, 0.2) is 24.3 Å². The van der Waals surface area contributed by atoms with Crippen LogP contribution < -0.4 is 10.1 Å². The van der Waals surface area contributed by atoms with E-state index >= 15 is 0 Å². The molecule has 0 bridgehead atoms. The molecule has 1 aromatic rings. The summed E-state index contributed by atoms with van der Waals surface area (Å²) < 4.78 is 18.0. The van der Waals surface area contributed by atoms with Crippen LogP contribution in [0, 0.1) is 5.82 Å². The lowest BCUT2D eigenvalue weighted by Gasteiger charge is -2.29. The van der Waals surface area contributed by atoms with Crippen molar-refractivity contribution < 1.29 is 24.1 Å². The number of nitrogens with one attached hydrogen (secondary N) is 1. The van der Waals surface area contributed by atoms with Crippen LogP contribution in [0.2, 0.25) is 0 Å². The van der Waals surface area contributed by atoms with E-state index in [1.165, 1.54) is 24.3 Å². The molecular weight excluding hydrogens is 253 g/mol. The molecule has 0 fully saturated rings. The third kappa shape index (κ3) is 4.50. The first-order valence-electron chi connectivity index (χ1n) is 5.96. The van der Waals surface area contributed by atoms with Crippen molar-refractivity contribution in [2.75, 3.05) is 19.8 Å². The molecule has 0 spiro atoms. The van der Waals surface area contributed by atoms with Gasteiger partial charge in [-0.2, -0.15) is 0 Å². The minimum Gasteiger partial charge on any atom is -0.484 e. The van der Waals surface area contributed by atoms with Crippen molar-refractivity contribution >= 4 is 5.91 Å². The summed E-state index contributed by atoms with van der Waals surface area (Å²) in [4.78, 5) is 11.6. The molecule has 5 nitrogen and oxygen atoms in total. The number of ether oxygens (including phenoxy) is 1. The smallest absolute Gasteiger partial charge is 0.258 e. The number of aliphatic hydroxyl groups is 2. The van der Waals surface area contributed by atoms with Crippen molar-refractivity contribution in [2.24, 2.45) is 0 Å². The van der Waals surface area contributed by atoms with Crippen molar-refractivity contribution in [3.63, 3.8) is 0 Å². The molecule has 0 saturated heterocycles. The summed E-state index contributed by atoms with van der Waals surface area (Å²) in [7, 11) is 0. The Bertz CT molecular complexity index is 413. The second-order valence-corrected chi connectivity index (χ2v) is 4.24. The summed E-state index contributed by atoms with van der Waals surface area (Å²) in [6, 6.07) is 5.44. The quantitative estimate of drug-likeness (QED) is 0.673. The number of amides is 1. The van der Waals surface area contributed by atoms with Gasteiger partial charge in [0.25, 0.3) is 5.91 Å². The fourth-order valence-corrected chi connectivity index (χ4v) is 1.48. The highest BCUT2D eigenvalue weighted by molar-refractivity contribution is 5.78. The Balaban J connectivity index is 2.52. The van der Waals surface area contributed by atoms with Crippen LogP contribution in [0.4, 0.5) is 4.39 Å². The van der Waals surface area contributed by atoms with E-state index in [-0.39, 0.29) is 25.6 Å². The van der Waals surface area contributed by atoms with Gasteiger partial charge in [0.05, 0.1) is 18.8 Å². The van der Waals surface area contributed by atoms with E-state index in [0.717, 1.165) is 0 Å². The summed E-state index contributed by atoms with van der Waals surface area (Å²) in [5.41, 5.74) is -1.05. The summed E-state index contributed by atoms with van der Waals surface area (Å²) in [5.74, 6) is -0.703. The minimum absolute atomic E-state index is 0.241. The zero-order valence-corrected chi connectivity index (χ0v) is 10.7. The van der Waals surface area contributed by atoms with Crippen LogP contribution in [0.5, 0.6) is 5.75 Å². The molecule has 1 rings (SSSR count). The van der Waals surface area contributed by atoms with Gasteiger partial charge < -0.3 is 20.3 Å². The number of benzene rings is 1. The van der Waals surface area contributed by atoms with E-state index in [1.807, 2.05) is 0 Å². The average Bonchev–Trinajstić information content (AvgIpc) is 2.43. The van der Waals surface area contributed by atoms with Gasteiger partial charge in [-0.25, -0.2) is 4.39 Å². The largest absolute Gasteiger partial charge is 0.484 e. The van der Waals surface area contributed by atoms with Crippen LogP contribution in [0.3, 0.4) is 0 Å². The number of carbonyl (C=O) groups excluding carboxylic acids is 1. The summed E-state index contributed by atoms with van der Waals surface area (Å²) in [6.07, 6.45) is 0.381. The van der Waals surface area contributed by atoms with Crippen molar-refractivity contribution in [2.45, 2.75) is 18.9 Å². The molecule has 0 radical (unpaired) electrons. The second kappa shape index (κ2) is 7.06. The molecule has 0 saturated carbocycles. The van der Waals surface area contributed by atoms with Crippen LogP contribution in [0.25, 0.3) is 0 Å². The van der Waals surface area contributed by atoms with E-state index in [0.29, 0.717) is 6.42 Å². The van der Waals surface area contributed by atoms with Gasteiger partial charge in [-0.05, 0) is 18.6 Å². The van der Waals surface area contributed by atoms with Gasteiger partial charge in [0.15, 0.2) is 6.61 Å². The van der Waals surface area contributed by atoms with E-state index < -0.39 is 17.3 Å². The Morgan fingerprint density at radius 3 is 2.63 bits per heavy atom. The highest BCUT2D eigenvalue weighted by Crippen LogP contribution is 2.12. The number of halogens is 1. The number of hydrogen-bond acceptors (Lipinski definition) is 4. The molecule has 3 N–H and O–H groups in total. The van der Waals surface area contributed by atoms with Crippen LogP contribution in [0.1, 0.15) is 13.3 Å². The SMILES string of the molecule is CCC(CO)(CO)NC(=O)COc1cccc(F)c1. The molecular formula is C13H18FNO4. The molecule has 0 atom stereocenters. The second-order valence-electron chi connectivity index (χ2n) is 4.24. The van der Waals surface area contributed by atoms with Gasteiger partial charge in [-0.15, -0.1) is 0 Å². The summed E-state index contributed by atoms with van der Waals surface area (Å²) >= 11 is 0. The van der Waals surface area contributed by atoms with E-state index in [1.54, 1.807) is 6.92 Å². The van der Waals surface area contributed by atoms with Crippen molar-refractivity contribution in [1.82, 2.24) is 5.32 Å². The van der Waals surface area contributed by atoms with Gasteiger partial charge in [-0.1, -0.05) is 13.0 Å². The molecule has 1 amide bonds. The predicted octanol–water partition coefficient (Wildman–Crippen LogP) is 0.454. The van der Waals surface area contributed by atoms with Gasteiger partial charge in [0.2, 0.25) is 0 Å². The molecule has 0 aliphatic carbocycles. The molecule has 0 aromatic heterocycles. The Kier molecular flexibility index (Phi) is 5.72. The van der Waals surface area contributed by atoms with Crippen LogP contribution in [-0.2, 0) is 4.79 Å². The molecule has 1 aromatic carbocycles. The molecule has 6 heteroatoms. The predicted molar refractivity (Wildman–Crippen MR) is 67.2 cm³/mol. The van der Waals surface area contributed by atoms with Gasteiger partial charge in [0.1, 0.15) is 11.6 Å². The maximum absolute atomic E-state index is 12.9. The topological polar surface area (TPSA) is 78.8 Å². The van der Waals surface area contributed by atoms with E-state index in [2.05, 4.69) is 5.32 Å². The normalized spacial score (nSPS) is 11.2. The highest BCUT2D eigenvalue weighted by Gasteiger charge is 2.28. The number of aliphatic hydroxyl groups excluding tert-OH is 2. The van der Waals surface area contributed by atoms with E-state index in [4.69, 9.17) is 4.74 Å². The molecule has 0 unspecified atom stereocenters. The Morgan fingerprint density at radius 2 is 2.11 bits per heavy atom. The first-order valence-corrected chi connectivity index (χ1v) is 5.96. The van der Waals surface area contributed by atoms with Gasteiger partial charge >= 0.3 is 0 Å². The standard InChI is InChI=1S/C13H18FNO4/c1-2-13(8-16,9-17)15-12(18)7-19-11-5-3-4-10(14)6-11/h3-6,16-17H,2,7-9H2,1H3,(H,15,18). The fourth-order valence-electron chi connectivity index (χ4n) is 1.48. The lowest BCUT2D eigenvalue weighted by molar-refractivity contribution is -0.126. The Hall–Kier alpha value is -1.66. The zero-order chi connectivity index (χ0) is 14.3. The fraction of sp³-hybridized carbons (Fsp3) is 0.462. The molecule has 19 heavy (non-hydrogen) atoms. The van der Waals surface area contributed by atoms with Crippen LogP contribution in [-0.4, -0.2) is 41.5 Å². The first kappa shape index (κ1) is 15.4.